The molecule has 0 spiro atoms. The van der Waals surface area contributed by atoms with Gasteiger partial charge in [-0.25, -0.2) is 4.98 Å². The summed E-state index contributed by atoms with van der Waals surface area (Å²) in [6, 6.07) is 13.5. The Morgan fingerprint density at radius 2 is 2.00 bits per heavy atom. The molecule has 3 heterocycles. The largest absolute Gasteiger partial charge is 0.496 e. The molecule has 0 aliphatic carbocycles. The average molecular weight is 376 g/mol. The summed E-state index contributed by atoms with van der Waals surface area (Å²) in [4.78, 5) is 26.3. The van der Waals surface area contributed by atoms with Gasteiger partial charge in [0.25, 0.3) is 5.56 Å². The van der Waals surface area contributed by atoms with Gasteiger partial charge < -0.3 is 9.72 Å². The molecule has 0 bridgehead atoms. The van der Waals surface area contributed by atoms with Gasteiger partial charge in [-0.2, -0.15) is 0 Å². The van der Waals surface area contributed by atoms with E-state index in [1.807, 2.05) is 30.3 Å². The van der Waals surface area contributed by atoms with E-state index in [0.29, 0.717) is 11.7 Å². The Hall–Kier alpha value is -2.99. The zero-order valence-corrected chi connectivity index (χ0v) is 16.0. The van der Waals surface area contributed by atoms with Crippen LogP contribution >= 0.6 is 0 Å². The van der Waals surface area contributed by atoms with E-state index in [1.165, 1.54) is 5.56 Å². The van der Waals surface area contributed by atoms with Gasteiger partial charge in [0.05, 0.1) is 12.8 Å². The van der Waals surface area contributed by atoms with Crippen LogP contribution in [0.3, 0.4) is 0 Å². The normalized spacial score (nSPS) is 15.5. The maximum Gasteiger partial charge on any atom is 0.251 e. The summed E-state index contributed by atoms with van der Waals surface area (Å²) in [5.74, 6) is 1.82. The second-order valence-electron chi connectivity index (χ2n) is 7.12. The van der Waals surface area contributed by atoms with Crippen LogP contribution in [-0.2, 0) is 6.54 Å². The number of hydrogen-bond acceptors (Lipinski definition) is 5. The van der Waals surface area contributed by atoms with E-state index in [9.17, 15) is 4.79 Å². The van der Waals surface area contributed by atoms with E-state index in [2.05, 4.69) is 20.9 Å². The first-order valence-electron chi connectivity index (χ1n) is 9.59. The van der Waals surface area contributed by atoms with Crippen LogP contribution in [0, 0.1) is 0 Å². The fourth-order valence-electron chi connectivity index (χ4n) is 3.79. The van der Waals surface area contributed by atoms with Gasteiger partial charge in [-0.15, -0.1) is 0 Å². The molecule has 0 unspecified atom stereocenters. The Bertz CT molecular complexity index is 979. The van der Waals surface area contributed by atoms with Gasteiger partial charge in [-0.1, -0.05) is 18.2 Å². The third-order valence-electron chi connectivity index (χ3n) is 5.29. The summed E-state index contributed by atoms with van der Waals surface area (Å²) >= 11 is 0. The number of H-pyrrole nitrogens is 1. The number of nitrogens with one attached hydrogen (secondary N) is 1. The van der Waals surface area contributed by atoms with Crippen molar-refractivity contribution in [2.24, 2.45) is 0 Å². The van der Waals surface area contributed by atoms with Crippen molar-refractivity contribution in [3.63, 3.8) is 0 Å². The minimum absolute atomic E-state index is 0.111. The highest BCUT2D eigenvalue weighted by Gasteiger charge is 2.23. The SMILES string of the molecule is COc1ccccc1CN1CCC(c2cc(=O)[nH]c(-c3cccnc3)n2)CC1. The number of hydrogen-bond donors (Lipinski definition) is 1. The third-order valence-corrected chi connectivity index (χ3v) is 5.29. The standard InChI is InChI=1S/C22H24N4O2/c1-28-20-7-3-2-5-18(20)15-26-11-8-16(9-12-26)19-13-21(27)25-22(24-19)17-6-4-10-23-14-17/h2-7,10,13-14,16H,8-9,11-12,15H2,1H3,(H,24,25,27). The molecule has 6 nitrogen and oxygen atoms in total. The lowest BCUT2D eigenvalue weighted by atomic mass is 9.93. The number of methoxy groups -OCH3 is 1. The van der Waals surface area contributed by atoms with Crippen molar-refractivity contribution in [3.8, 4) is 17.1 Å². The number of piperidine rings is 1. The van der Waals surface area contributed by atoms with Gasteiger partial charge in [0.2, 0.25) is 0 Å². The number of ether oxygens (including phenoxy) is 1. The first-order valence-corrected chi connectivity index (χ1v) is 9.59. The van der Waals surface area contributed by atoms with Crippen molar-refractivity contribution in [2.45, 2.75) is 25.3 Å². The van der Waals surface area contributed by atoms with Crippen molar-refractivity contribution < 1.29 is 4.74 Å². The molecule has 6 heteroatoms. The molecule has 1 aliphatic rings. The van der Waals surface area contributed by atoms with E-state index in [-0.39, 0.29) is 5.56 Å². The van der Waals surface area contributed by atoms with Crippen molar-refractivity contribution in [1.82, 2.24) is 19.9 Å². The molecule has 0 amide bonds. The van der Waals surface area contributed by atoms with E-state index >= 15 is 0 Å². The van der Waals surface area contributed by atoms with Gasteiger partial charge in [0.1, 0.15) is 11.6 Å². The summed E-state index contributed by atoms with van der Waals surface area (Å²) < 4.78 is 5.47. The number of benzene rings is 1. The first kappa shape index (κ1) is 18.4. The maximum atomic E-state index is 12.2. The summed E-state index contributed by atoms with van der Waals surface area (Å²) in [6.07, 6.45) is 5.40. The van der Waals surface area contributed by atoms with Crippen LogP contribution < -0.4 is 10.3 Å². The zero-order chi connectivity index (χ0) is 19.3. The Morgan fingerprint density at radius 1 is 1.18 bits per heavy atom. The molecule has 0 radical (unpaired) electrons. The minimum atomic E-state index is -0.111. The van der Waals surface area contributed by atoms with Crippen molar-refractivity contribution in [1.29, 1.82) is 0 Å². The summed E-state index contributed by atoms with van der Waals surface area (Å²) in [5.41, 5.74) is 2.80. The van der Waals surface area contributed by atoms with Crippen LogP contribution in [0.25, 0.3) is 11.4 Å². The Morgan fingerprint density at radius 3 is 2.75 bits per heavy atom. The van der Waals surface area contributed by atoms with E-state index in [4.69, 9.17) is 9.72 Å². The van der Waals surface area contributed by atoms with Gasteiger partial charge in [0.15, 0.2) is 0 Å². The number of nitrogens with zero attached hydrogens (tertiary/aromatic N) is 3. The molecule has 1 aromatic carbocycles. The number of para-hydroxylation sites is 1. The fraction of sp³-hybridized carbons (Fsp3) is 0.318. The smallest absolute Gasteiger partial charge is 0.251 e. The lowest BCUT2D eigenvalue weighted by Gasteiger charge is -2.32. The van der Waals surface area contributed by atoms with Crippen LogP contribution in [0.2, 0.25) is 0 Å². The van der Waals surface area contributed by atoms with E-state index in [1.54, 1.807) is 25.6 Å². The highest BCUT2D eigenvalue weighted by atomic mass is 16.5. The van der Waals surface area contributed by atoms with Gasteiger partial charge in [-0.3, -0.25) is 14.7 Å². The van der Waals surface area contributed by atoms with Crippen molar-refractivity contribution in [3.05, 3.63) is 76.5 Å². The number of rotatable bonds is 5. The fourth-order valence-corrected chi connectivity index (χ4v) is 3.79. The number of pyridine rings is 1. The van der Waals surface area contributed by atoms with E-state index in [0.717, 1.165) is 49.5 Å². The molecule has 1 saturated heterocycles. The number of aromatic amines is 1. The molecular formula is C22H24N4O2. The molecule has 144 valence electrons. The zero-order valence-electron chi connectivity index (χ0n) is 16.0. The van der Waals surface area contributed by atoms with Gasteiger partial charge in [0, 0.05) is 42.0 Å². The summed E-state index contributed by atoms with van der Waals surface area (Å²) in [6.45, 7) is 2.82. The van der Waals surface area contributed by atoms with Crippen LogP contribution in [0.4, 0.5) is 0 Å². The molecule has 0 saturated carbocycles. The highest BCUT2D eigenvalue weighted by molar-refractivity contribution is 5.52. The van der Waals surface area contributed by atoms with E-state index < -0.39 is 0 Å². The Kier molecular flexibility index (Phi) is 5.48. The first-order chi connectivity index (χ1) is 13.7. The molecule has 28 heavy (non-hydrogen) atoms. The minimum Gasteiger partial charge on any atom is -0.496 e. The van der Waals surface area contributed by atoms with Crippen LogP contribution in [0.1, 0.15) is 30.0 Å². The van der Waals surface area contributed by atoms with Crippen LogP contribution in [0.15, 0.2) is 59.7 Å². The number of likely N-dealkylation sites (tertiary alicyclic amines) is 1. The van der Waals surface area contributed by atoms with Crippen LogP contribution in [0.5, 0.6) is 5.75 Å². The molecule has 1 aliphatic heterocycles. The van der Waals surface area contributed by atoms with Gasteiger partial charge >= 0.3 is 0 Å². The lowest BCUT2D eigenvalue weighted by molar-refractivity contribution is 0.201. The second kappa shape index (κ2) is 8.35. The predicted octanol–water partition coefficient (Wildman–Crippen LogP) is 3.22. The molecule has 1 N–H and O–H groups in total. The summed E-state index contributed by atoms with van der Waals surface area (Å²) in [7, 11) is 1.71. The number of aromatic nitrogens is 3. The van der Waals surface area contributed by atoms with Gasteiger partial charge in [-0.05, 0) is 44.1 Å². The Labute approximate surface area is 164 Å². The highest BCUT2D eigenvalue weighted by Crippen LogP contribution is 2.29. The third kappa shape index (κ3) is 4.12. The molecule has 4 rings (SSSR count). The topological polar surface area (TPSA) is 71.1 Å². The van der Waals surface area contributed by atoms with Crippen molar-refractivity contribution in [2.75, 3.05) is 20.2 Å². The maximum absolute atomic E-state index is 12.2. The molecule has 2 aromatic heterocycles. The van der Waals surface area contributed by atoms with Crippen molar-refractivity contribution >= 4 is 0 Å². The average Bonchev–Trinajstić information content (AvgIpc) is 2.75. The second-order valence-corrected chi connectivity index (χ2v) is 7.12. The molecule has 3 aromatic rings. The molecule has 1 fully saturated rings. The predicted molar refractivity (Wildman–Crippen MR) is 108 cm³/mol. The monoisotopic (exact) mass is 376 g/mol. The Balaban J connectivity index is 1.45. The molecular weight excluding hydrogens is 352 g/mol. The lowest BCUT2D eigenvalue weighted by Crippen LogP contribution is -2.33. The quantitative estimate of drug-likeness (QED) is 0.740. The van der Waals surface area contributed by atoms with Crippen LogP contribution in [-0.4, -0.2) is 40.1 Å². The molecule has 0 atom stereocenters. The summed E-state index contributed by atoms with van der Waals surface area (Å²) in [5, 5.41) is 0.